The molecule has 7 nitrogen and oxygen atoms in total. The van der Waals surface area contributed by atoms with Crippen LogP contribution >= 0.6 is 0 Å². The zero-order chi connectivity index (χ0) is 26.3. The van der Waals surface area contributed by atoms with Gasteiger partial charge in [0.1, 0.15) is 0 Å². The molecule has 2 N–H and O–H groups in total. The monoisotopic (exact) mass is 524 g/mol. The summed E-state index contributed by atoms with van der Waals surface area (Å²) in [6, 6.07) is 33.6. The van der Waals surface area contributed by atoms with Gasteiger partial charge in [0.05, 0.1) is 10.9 Å². The van der Waals surface area contributed by atoms with E-state index in [1.165, 1.54) is 5.01 Å². The van der Waals surface area contributed by atoms with Gasteiger partial charge < -0.3 is 9.84 Å². The van der Waals surface area contributed by atoms with Crippen molar-refractivity contribution in [3.8, 4) is 0 Å². The second-order valence-electron chi connectivity index (χ2n) is 9.16. The SMILES string of the molecule is O=C(O)C1OC(c2ccccc2)N(NS(=O)(=O)c2c3ccccc3cc3ccccc23)C1c1ccccc1. The van der Waals surface area contributed by atoms with Crippen LogP contribution in [0, 0.1) is 0 Å². The number of nitrogens with one attached hydrogen (secondary N) is 1. The number of hydrazine groups is 1. The van der Waals surface area contributed by atoms with Crippen LogP contribution in [0.4, 0.5) is 0 Å². The molecule has 3 unspecified atom stereocenters. The van der Waals surface area contributed by atoms with Crippen molar-refractivity contribution in [1.82, 2.24) is 9.84 Å². The third-order valence-electron chi connectivity index (χ3n) is 6.80. The lowest BCUT2D eigenvalue weighted by Gasteiger charge is -2.29. The van der Waals surface area contributed by atoms with Gasteiger partial charge in [0.2, 0.25) is 0 Å². The van der Waals surface area contributed by atoms with Crippen molar-refractivity contribution in [1.29, 1.82) is 0 Å². The third kappa shape index (κ3) is 4.23. The topological polar surface area (TPSA) is 95.9 Å². The normalized spacial score (nSPS) is 20.2. The number of carboxylic acid groups (broad SMARTS) is 1. The Kier molecular flexibility index (Phi) is 6.17. The number of fused-ring (bicyclic) bond motifs is 2. The maximum absolute atomic E-state index is 14.3. The number of carboxylic acids is 1. The first-order valence-electron chi connectivity index (χ1n) is 12.1. The minimum absolute atomic E-state index is 0.128. The number of benzene rings is 5. The summed E-state index contributed by atoms with van der Waals surface area (Å²) in [6.07, 6.45) is -2.28. The Labute approximate surface area is 219 Å². The van der Waals surface area contributed by atoms with Gasteiger partial charge >= 0.3 is 5.97 Å². The molecule has 5 aromatic carbocycles. The Balaban J connectivity index is 1.54. The molecular formula is C30H24N2O5S. The van der Waals surface area contributed by atoms with Gasteiger partial charge in [-0.15, -0.1) is 4.83 Å². The quantitative estimate of drug-likeness (QED) is 0.288. The Morgan fingerprint density at radius 2 is 1.24 bits per heavy atom. The minimum atomic E-state index is -4.22. The smallest absolute Gasteiger partial charge is 0.334 e. The number of rotatable bonds is 6. The molecule has 0 bridgehead atoms. The molecule has 0 saturated carbocycles. The lowest BCUT2D eigenvalue weighted by atomic mass is 10.0. The minimum Gasteiger partial charge on any atom is -0.479 e. The van der Waals surface area contributed by atoms with Crippen LogP contribution in [-0.2, 0) is 19.6 Å². The first kappa shape index (κ1) is 24.3. The fourth-order valence-electron chi connectivity index (χ4n) is 5.16. The van der Waals surface area contributed by atoms with E-state index in [1.807, 2.05) is 42.5 Å². The Bertz CT molecular complexity index is 1690. The average molecular weight is 525 g/mol. The van der Waals surface area contributed by atoms with Crippen molar-refractivity contribution in [2.24, 2.45) is 0 Å². The summed E-state index contributed by atoms with van der Waals surface area (Å²) in [5, 5.41) is 14.2. The van der Waals surface area contributed by atoms with Crippen LogP contribution in [0.2, 0.25) is 0 Å². The largest absolute Gasteiger partial charge is 0.479 e. The highest BCUT2D eigenvalue weighted by Gasteiger charge is 2.49. The second kappa shape index (κ2) is 9.66. The molecule has 3 atom stereocenters. The number of sulfonamides is 1. The number of nitrogens with zero attached hydrogens (tertiary/aromatic N) is 1. The first-order valence-corrected chi connectivity index (χ1v) is 13.6. The third-order valence-corrected chi connectivity index (χ3v) is 8.23. The zero-order valence-electron chi connectivity index (χ0n) is 20.1. The molecule has 0 aromatic heterocycles. The van der Waals surface area contributed by atoms with Gasteiger partial charge in [-0.25, -0.2) is 13.2 Å². The van der Waals surface area contributed by atoms with Crippen LogP contribution in [-0.4, -0.2) is 30.6 Å². The molecule has 0 amide bonds. The fourth-order valence-corrected chi connectivity index (χ4v) is 6.69. The van der Waals surface area contributed by atoms with Gasteiger partial charge in [-0.1, -0.05) is 109 Å². The lowest BCUT2D eigenvalue weighted by Crippen LogP contribution is -2.45. The van der Waals surface area contributed by atoms with Crippen molar-refractivity contribution in [2.75, 3.05) is 0 Å². The van der Waals surface area contributed by atoms with Crippen LogP contribution in [0.1, 0.15) is 23.4 Å². The Morgan fingerprint density at radius 3 is 1.79 bits per heavy atom. The predicted octanol–water partition coefficient (Wildman–Crippen LogP) is 5.41. The van der Waals surface area contributed by atoms with Crippen LogP contribution in [0.5, 0.6) is 0 Å². The zero-order valence-corrected chi connectivity index (χ0v) is 21.0. The molecule has 1 aliphatic heterocycles. The van der Waals surface area contributed by atoms with E-state index in [0.717, 1.165) is 10.8 Å². The van der Waals surface area contributed by atoms with Crippen LogP contribution in [0.3, 0.4) is 0 Å². The van der Waals surface area contributed by atoms with E-state index in [4.69, 9.17) is 4.74 Å². The van der Waals surface area contributed by atoms with Crippen LogP contribution in [0.25, 0.3) is 21.5 Å². The van der Waals surface area contributed by atoms with E-state index in [9.17, 15) is 18.3 Å². The van der Waals surface area contributed by atoms with Crippen molar-refractivity contribution < 1.29 is 23.1 Å². The fraction of sp³-hybridized carbons (Fsp3) is 0.100. The molecule has 5 aromatic rings. The maximum atomic E-state index is 14.3. The van der Waals surface area contributed by atoms with E-state index in [-0.39, 0.29) is 4.90 Å². The molecule has 1 fully saturated rings. The Morgan fingerprint density at radius 1 is 0.737 bits per heavy atom. The lowest BCUT2D eigenvalue weighted by molar-refractivity contribution is -0.150. The van der Waals surface area contributed by atoms with Crippen molar-refractivity contribution >= 4 is 37.5 Å². The Hall–Kier alpha value is -4.08. The van der Waals surface area contributed by atoms with E-state index in [1.54, 1.807) is 72.8 Å². The van der Waals surface area contributed by atoms with Crippen molar-refractivity contribution in [3.63, 3.8) is 0 Å². The molecule has 1 saturated heterocycles. The molecule has 1 aliphatic rings. The van der Waals surface area contributed by atoms with Gasteiger partial charge in [0.25, 0.3) is 10.0 Å². The summed E-state index contributed by atoms with van der Waals surface area (Å²) >= 11 is 0. The summed E-state index contributed by atoms with van der Waals surface area (Å²) in [4.78, 5) is 15.2. The highest BCUT2D eigenvalue weighted by molar-refractivity contribution is 7.90. The highest BCUT2D eigenvalue weighted by atomic mass is 32.2. The van der Waals surface area contributed by atoms with Crippen molar-refractivity contribution in [3.05, 3.63) is 126 Å². The first-order chi connectivity index (χ1) is 18.4. The standard InChI is InChI=1S/C30H24N2O5S/c33-30(34)27-26(20-11-3-1-4-12-20)32(29(37-27)21-13-5-2-6-14-21)31-38(35,36)28-24-17-9-7-15-22(24)19-23-16-8-10-18-25(23)28/h1-19,26-27,29,31H,(H,33,34). The maximum Gasteiger partial charge on any atom is 0.334 e. The number of carbonyl (C=O) groups is 1. The average Bonchev–Trinajstić information content (AvgIpc) is 3.31. The highest BCUT2D eigenvalue weighted by Crippen LogP contribution is 2.43. The number of aliphatic carboxylic acids is 1. The van der Waals surface area contributed by atoms with Gasteiger partial charge in [-0.2, -0.15) is 5.01 Å². The molecule has 0 spiro atoms. The predicted molar refractivity (Wildman–Crippen MR) is 144 cm³/mol. The van der Waals surface area contributed by atoms with Crippen molar-refractivity contribution in [2.45, 2.75) is 23.3 Å². The van der Waals surface area contributed by atoms with Gasteiger partial charge in [-0.3, -0.25) is 0 Å². The van der Waals surface area contributed by atoms with Gasteiger partial charge in [-0.05, 0) is 28.0 Å². The summed E-state index contributed by atoms with van der Waals surface area (Å²) < 4.78 is 34.6. The van der Waals surface area contributed by atoms with Gasteiger partial charge in [0.15, 0.2) is 12.3 Å². The van der Waals surface area contributed by atoms with E-state index in [0.29, 0.717) is 21.9 Å². The molecule has 38 heavy (non-hydrogen) atoms. The second-order valence-corrected chi connectivity index (χ2v) is 10.8. The van der Waals surface area contributed by atoms with Crippen LogP contribution in [0.15, 0.2) is 120 Å². The summed E-state index contributed by atoms with van der Waals surface area (Å²) in [6.45, 7) is 0. The number of hydrogen-bond acceptors (Lipinski definition) is 5. The van der Waals surface area contributed by atoms with Crippen LogP contribution < -0.4 is 4.83 Å². The summed E-state index contributed by atoms with van der Waals surface area (Å²) in [5.74, 6) is -1.18. The molecule has 6 rings (SSSR count). The number of hydrogen-bond donors (Lipinski definition) is 2. The van der Waals surface area contributed by atoms with E-state index in [2.05, 4.69) is 4.83 Å². The molecule has 0 radical (unpaired) electrons. The summed E-state index contributed by atoms with van der Waals surface area (Å²) in [5.41, 5.74) is 1.24. The molecule has 8 heteroatoms. The molecule has 0 aliphatic carbocycles. The molecular weight excluding hydrogens is 500 g/mol. The van der Waals surface area contributed by atoms with Gasteiger partial charge in [0, 0.05) is 10.8 Å². The van der Waals surface area contributed by atoms with E-state index < -0.39 is 34.4 Å². The molecule has 1 heterocycles. The number of ether oxygens (including phenoxy) is 1. The summed E-state index contributed by atoms with van der Waals surface area (Å²) in [7, 11) is -4.22. The van der Waals surface area contributed by atoms with E-state index >= 15 is 0 Å². The molecule has 190 valence electrons.